The van der Waals surface area contributed by atoms with Crippen molar-refractivity contribution in [3.63, 3.8) is 0 Å². The molecule has 19 heavy (non-hydrogen) atoms. The van der Waals surface area contributed by atoms with Gasteiger partial charge in [0, 0.05) is 25.3 Å². The van der Waals surface area contributed by atoms with Crippen LogP contribution >= 0.6 is 0 Å². The maximum atomic E-state index is 12.3. The summed E-state index contributed by atoms with van der Waals surface area (Å²) in [7, 11) is 0.768. The van der Waals surface area contributed by atoms with E-state index in [1.807, 2.05) is 31.3 Å². The summed E-state index contributed by atoms with van der Waals surface area (Å²) in [6.45, 7) is 5.41. The standard InChI is InChI=1S/C14H23N3OS/c1-3-17-10-4-5-13(11-17)16-19(18)14-8-6-12(15-2)7-9-14/h6-9,13,15-16H,3-5,10-11H2,1-2H3. The van der Waals surface area contributed by atoms with Gasteiger partial charge < -0.3 is 10.2 Å². The molecule has 1 aromatic carbocycles. The van der Waals surface area contributed by atoms with Gasteiger partial charge in [-0.05, 0) is 50.2 Å². The highest BCUT2D eigenvalue weighted by Crippen LogP contribution is 2.14. The van der Waals surface area contributed by atoms with Crippen LogP contribution < -0.4 is 10.0 Å². The van der Waals surface area contributed by atoms with Crippen LogP contribution in [0.5, 0.6) is 0 Å². The number of benzene rings is 1. The van der Waals surface area contributed by atoms with Crippen molar-refractivity contribution >= 4 is 16.7 Å². The van der Waals surface area contributed by atoms with Gasteiger partial charge in [-0.1, -0.05) is 6.92 Å². The third kappa shape index (κ3) is 4.03. The van der Waals surface area contributed by atoms with E-state index in [1.165, 1.54) is 6.42 Å². The summed E-state index contributed by atoms with van der Waals surface area (Å²) in [6.07, 6.45) is 2.29. The third-order valence-corrected chi connectivity index (χ3v) is 4.83. The zero-order chi connectivity index (χ0) is 13.7. The first-order valence-corrected chi connectivity index (χ1v) is 8.06. The molecule has 0 amide bonds. The van der Waals surface area contributed by atoms with Crippen LogP contribution in [0.25, 0.3) is 0 Å². The second-order valence-electron chi connectivity index (χ2n) is 4.89. The summed E-state index contributed by atoms with van der Waals surface area (Å²) in [5.74, 6) is 0. The highest BCUT2D eigenvalue weighted by Gasteiger charge is 2.20. The Morgan fingerprint density at radius 3 is 2.74 bits per heavy atom. The Labute approximate surface area is 118 Å². The van der Waals surface area contributed by atoms with Gasteiger partial charge in [0.05, 0.1) is 4.90 Å². The van der Waals surface area contributed by atoms with E-state index in [-0.39, 0.29) is 0 Å². The van der Waals surface area contributed by atoms with Crippen molar-refractivity contribution in [2.75, 3.05) is 32.0 Å². The molecular formula is C14H23N3OS. The van der Waals surface area contributed by atoms with Gasteiger partial charge in [-0.25, -0.2) is 8.93 Å². The molecule has 1 fully saturated rings. The minimum absolute atomic E-state index is 0.332. The lowest BCUT2D eigenvalue weighted by Crippen LogP contribution is -2.45. The third-order valence-electron chi connectivity index (χ3n) is 3.58. The topological polar surface area (TPSA) is 44.4 Å². The molecule has 2 atom stereocenters. The van der Waals surface area contributed by atoms with Gasteiger partial charge in [-0.3, -0.25) is 0 Å². The maximum absolute atomic E-state index is 12.3. The number of anilines is 1. The normalized spacial score (nSPS) is 22.1. The van der Waals surface area contributed by atoms with Crippen LogP contribution in [0.4, 0.5) is 5.69 Å². The lowest BCUT2D eigenvalue weighted by Gasteiger charge is -2.31. The van der Waals surface area contributed by atoms with Gasteiger partial charge >= 0.3 is 0 Å². The molecule has 2 unspecified atom stereocenters. The van der Waals surface area contributed by atoms with Gasteiger partial charge in [0.2, 0.25) is 0 Å². The molecule has 1 aliphatic rings. The number of nitrogens with one attached hydrogen (secondary N) is 2. The molecule has 1 heterocycles. The van der Waals surface area contributed by atoms with Crippen LogP contribution in [0.2, 0.25) is 0 Å². The molecule has 0 aliphatic carbocycles. The average molecular weight is 281 g/mol. The SMILES string of the molecule is CCN1CCCC(NS(=O)c2ccc(NC)cc2)C1. The second kappa shape index (κ2) is 7.03. The quantitative estimate of drug-likeness (QED) is 0.865. The smallest absolute Gasteiger partial charge is 0.125 e. The van der Waals surface area contributed by atoms with E-state index in [4.69, 9.17) is 0 Å². The molecule has 106 valence electrons. The largest absolute Gasteiger partial charge is 0.388 e. The summed E-state index contributed by atoms with van der Waals surface area (Å²) in [5.41, 5.74) is 1.04. The van der Waals surface area contributed by atoms with E-state index in [0.717, 1.165) is 36.6 Å². The molecule has 1 aromatic rings. The van der Waals surface area contributed by atoms with Crippen LogP contribution in [0.15, 0.2) is 29.2 Å². The summed E-state index contributed by atoms with van der Waals surface area (Å²) >= 11 is 0. The summed E-state index contributed by atoms with van der Waals surface area (Å²) in [6, 6.07) is 8.06. The molecule has 4 nitrogen and oxygen atoms in total. The zero-order valence-corrected chi connectivity index (χ0v) is 12.5. The summed E-state index contributed by atoms with van der Waals surface area (Å²) in [4.78, 5) is 3.25. The minimum atomic E-state index is -1.11. The Morgan fingerprint density at radius 2 is 2.11 bits per heavy atom. The Bertz CT molecular complexity index is 421. The number of nitrogens with zero attached hydrogens (tertiary/aromatic N) is 1. The molecule has 0 aromatic heterocycles. The van der Waals surface area contributed by atoms with Crippen molar-refractivity contribution in [2.24, 2.45) is 0 Å². The van der Waals surface area contributed by atoms with Gasteiger partial charge in [0.25, 0.3) is 0 Å². The molecular weight excluding hydrogens is 258 g/mol. The highest BCUT2D eigenvalue weighted by molar-refractivity contribution is 7.83. The zero-order valence-electron chi connectivity index (χ0n) is 11.7. The van der Waals surface area contributed by atoms with Crippen molar-refractivity contribution in [3.05, 3.63) is 24.3 Å². The highest BCUT2D eigenvalue weighted by atomic mass is 32.2. The number of hydrogen-bond donors (Lipinski definition) is 2. The lowest BCUT2D eigenvalue weighted by molar-refractivity contribution is 0.212. The van der Waals surface area contributed by atoms with E-state index in [0.29, 0.717) is 6.04 Å². The average Bonchev–Trinajstić information content (AvgIpc) is 2.47. The van der Waals surface area contributed by atoms with Gasteiger partial charge in [-0.15, -0.1) is 0 Å². The summed E-state index contributed by atoms with van der Waals surface area (Å²) < 4.78 is 15.5. The van der Waals surface area contributed by atoms with E-state index in [1.54, 1.807) is 0 Å². The molecule has 1 aliphatic heterocycles. The van der Waals surface area contributed by atoms with Crippen LogP contribution in [-0.2, 0) is 11.0 Å². The summed E-state index contributed by atoms with van der Waals surface area (Å²) in [5, 5.41) is 3.06. The van der Waals surface area contributed by atoms with E-state index >= 15 is 0 Å². The molecule has 0 spiro atoms. The lowest BCUT2D eigenvalue weighted by atomic mass is 10.1. The van der Waals surface area contributed by atoms with Crippen LogP contribution in [0, 0.1) is 0 Å². The second-order valence-corrected chi connectivity index (χ2v) is 6.14. The van der Waals surface area contributed by atoms with Gasteiger partial charge in [-0.2, -0.15) is 0 Å². The number of likely N-dealkylation sites (N-methyl/N-ethyl adjacent to an activating group) is 1. The van der Waals surface area contributed by atoms with Crippen molar-refractivity contribution in [3.8, 4) is 0 Å². The first-order valence-electron chi connectivity index (χ1n) is 6.91. The van der Waals surface area contributed by atoms with Crippen LogP contribution in [-0.4, -0.2) is 41.8 Å². The van der Waals surface area contributed by atoms with E-state index in [9.17, 15) is 4.21 Å². The molecule has 0 radical (unpaired) electrons. The van der Waals surface area contributed by atoms with Gasteiger partial charge in [0.1, 0.15) is 11.0 Å². The van der Waals surface area contributed by atoms with Crippen molar-refractivity contribution in [1.82, 2.24) is 9.62 Å². The van der Waals surface area contributed by atoms with Crippen molar-refractivity contribution < 1.29 is 4.21 Å². The number of hydrogen-bond acceptors (Lipinski definition) is 3. The monoisotopic (exact) mass is 281 g/mol. The van der Waals surface area contributed by atoms with Crippen molar-refractivity contribution in [1.29, 1.82) is 0 Å². The number of likely N-dealkylation sites (tertiary alicyclic amines) is 1. The fourth-order valence-electron chi connectivity index (χ4n) is 2.40. The fraction of sp³-hybridized carbons (Fsp3) is 0.571. The predicted molar refractivity (Wildman–Crippen MR) is 80.7 cm³/mol. The van der Waals surface area contributed by atoms with Gasteiger partial charge in [0.15, 0.2) is 0 Å². The van der Waals surface area contributed by atoms with Crippen LogP contribution in [0.3, 0.4) is 0 Å². The molecule has 2 N–H and O–H groups in total. The molecule has 5 heteroatoms. The molecule has 0 saturated carbocycles. The Hall–Kier alpha value is -0.910. The number of piperidine rings is 1. The molecule has 2 rings (SSSR count). The maximum Gasteiger partial charge on any atom is 0.125 e. The Kier molecular flexibility index (Phi) is 5.36. The fourth-order valence-corrected chi connectivity index (χ4v) is 3.42. The number of rotatable bonds is 5. The predicted octanol–water partition coefficient (Wildman–Crippen LogP) is 1.82. The van der Waals surface area contributed by atoms with E-state index < -0.39 is 11.0 Å². The van der Waals surface area contributed by atoms with Crippen LogP contribution in [0.1, 0.15) is 19.8 Å². The first kappa shape index (κ1) is 14.5. The Balaban J connectivity index is 1.92. The molecule has 1 saturated heterocycles. The first-order chi connectivity index (χ1) is 9.22. The minimum Gasteiger partial charge on any atom is -0.388 e. The molecule has 0 bridgehead atoms. The van der Waals surface area contributed by atoms with E-state index in [2.05, 4.69) is 21.9 Å². The van der Waals surface area contributed by atoms with Crippen molar-refractivity contribution in [2.45, 2.75) is 30.7 Å². The Morgan fingerprint density at radius 1 is 1.37 bits per heavy atom.